The first kappa shape index (κ1) is 20.6. The summed E-state index contributed by atoms with van der Waals surface area (Å²) in [5.74, 6) is 0.559. The van der Waals surface area contributed by atoms with Gasteiger partial charge in [-0.15, -0.1) is 0 Å². The molecule has 1 saturated heterocycles. The van der Waals surface area contributed by atoms with E-state index in [1.54, 1.807) is 6.33 Å². The van der Waals surface area contributed by atoms with Gasteiger partial charge in [0.2, 0.25) is 0 Å². The molecule has 5 heterocycles. The van der Waals surface area contributed by atoms with Crippen LogP contribution in [0.1, 0.15) is 28.8 Å². The van der Waals surface area contributed by atoms with Crippen LogP contribution >= 0.6 is 0 Å². The molecule has 3 aromatic heterocycles. The molecule has 0 unspecified atom stereocenters. The summed E-state index contributed by atoms with van der Waals surface area (Å²) in [7, 11) is 1.95. The Morgan fingerprint density at radius 3 is 2.74 bits per heavy atom. The van der Waals surface area contributed by atoms with Crippen LogP contribution in [-0.2, 0) is 13.6 Å². The van der Waals surface area contributed by atoms with Crippen molar-refractivity contribution in [3.63, 3.8) is 0 Å². The van der Waals surface area contributed by atoms with Gasteiger partial charge in [0.25, 0.3) is 5.91 Å². The molecule has 9 heteroatoms. The van der Waals surface area contributed by atoms with Crippen molar-refractivity contribution in [2.24, 2.45) is 7.05 Å². The van der Waals surface area contributed by atoms with Crippen molar-refractivity contribution >= 4 is 34.1 Å². The maximum absolute atomic E-state index is 12.8. The van der Waals surface area contributed by atoms with Crippen LogP contribution in [0.4, 0.5) is 17.2 Å². The van der Waals surface area contributed by atoms with E-state index in [9.17, 15) is 9.90 Å². The molecule has 2 aliphatic heterocycles. The van der Waals surface area contributed by atoms with E-state index in [4.69, 9.17) is 0 Å². The molecule has 0 aliphatic carbocycles. The number of nitrogens with zero attached hydrogens (tertiary/aromatic N) is 5. The zero-order chi connectivity index (χ0) is 23.2. The maximum Gasteiger partial charge on any atom is 0.254 e. The summed E-state index contributed by atoms with van der Waals surface area (Å²) in [6.07, 6.45) is 6.70. The Hall–Kier alpha value is -3.98. The number of hydrogen-bond acceptors (Lipinski definition) is 7. The highest BCUT2D eigenvalue weighted by Gasteiger charge is 2.27. The first-order valence-corrected chi connectivity index (χ1v) is 11.4. The van der Waals surface area contributed by atoms with Crippen molar-refractivity contribution in [1.29, 1.82) is 0 Å². The maximum atomic E-state index is 12.8. The van der Waals surface area contributed by atoms with Crippen LogP contribution in [0.2, 0.25) is 0 Å². The molecule has 1 fully saturated rings. The molecule has 9 nitrogen and oxygen atoms in total. The minimum atomic E-state index is -0.207. The number of nitrogens with one attached hydrogen (secondary N) is 2. The number of aromatic nitrogens is 4. The Morgan fingerprint density at radius 2 is 1.94 bits per heavy atom. The van der Waals surface area contributed by atoms with Crippen LogP contribution in [0, 0.1) is 0 Å². The van der Waals surface area contributed by atoms with Gasteiger partial charge in [0.05, 0.1) is 34.9 Å². The Balaban J connectivity index is 1.32. The molecule has 3 N–H and O–H groups in total. The third-order valence-corrected chi connectivity index (χ3v) is 6.72. The molecule has 6 rings (SSSR count). The number of aliphatic hydroxyl groups is 1. The van der Waals surface area contributed by atoms with E-state index < -0.39 is 0 Å². The van der Waals surface area contributed by atoms with E-state index in [0.717, 1.165) is 59.5 Å². The summed E-state index contributed by atoms with van der Waals surface area (Å²) in [6.45, 7) is 2.09. The van der Waals surface area contributed by atoms with Gasteiger partial charge in [-0.2, -0.15) is 0 Å². The molecule has 0 spiro atoms. The molecular weight excluding hydrogens is 430 g/mol. The smallest absolute Gasteiger partial charge is 0.254 e. The van der Waals surface area contributed by atoms with Crippen LogP contribution in [0.25, 0.3) is 22.3 Å². The average Bonchev–Trinajstić information content (AvgIpc) is 3.44. The molecule has 1 amide bonds. The van der Waals surface area contributed by atoms with Gasteiger partial charge in [0.1, 0.15) is 17.8 Å². The number of hydrogen-bond donors (Lipinski definition) is 3. The summed E-state index contributed by atoms with van der Waals surface area (Å²) >= 11 is 0. The number of piperidine rings is 1. The number of amides is 1. The second kappa shape index (κ2) is 8.11. The minimum absolute atomic E-state index is 0.110. The Bertz CT molecular complexity index is 1390. The van der Waals surface area contributed by atoms with E-state index in [2.05, 4.69) is 30.5 Å². The zero-order valence-electron chi connectivity index (χ0n) is 18.8. The Labute approximate surface area is 196 Å². The molecular formula is C25H25N7O2. The molecule has 172 valence electrons. The molecule has 2 aliphatic rings. The third kappa shape index (κ3) is 3.45. The lowest BCUT2D eigenvalue weighted by Crippen LogP contribution is -2.35. The number of pyridine rings is 1. The number of fused-ring (bicyclic) bond motifs is 2. The molecule has 4 aromatic rings. The fraction of sp³-hybridized carbons (Fsp3) is 0.280. The summed E-state index contributed by atoms with van der Waals surface area (Å²) in [5.41, 5.74) is 5.89. The lowest BCUT2D eigenvalue weighted by molar-refractivity contribution is 0.0966. The van der Waals surface area contributed by atoms with Gasteiger partial charge in [-0.1, -0.05) is 6.07 Å². The lowest BCUT2D eigenvalue weighted by Gasteiger charge is -2.31. The van der Waals surface area contributed by atoms with E-state index in [-0.39, 0.29) is 12.0 Å². The number of carbonyl (C=O) groups excluding carboxylic acids is 1. The van der Waals surface area contributed by atoms with Crippen molar-refractivity contribution in [3.05, 3.63) is 60.2 Å². The van der Waals surface area contributed by atoms with Crippen molar-refractivity contribution in [2.45, 2.75) is 25.5 Å². The summed E-state index contributed by atoms with van der Waals surface area (Å²) < 4.78 is 1.96. The van der Waals surface area contributed by atoms with Crippen LogP contribution in [0.15, 0.2) is 49.1 Å². The first-order valence-electron chi connectivity index (χ1n) is 11.4. The Kier molecular flexibility index (Phi) is 4.91. The van der Waals surface area contributed by atoms with Crippen LogP contribution < -0.4 is 15.5 Å². The fourth-order valence-electron chi connectivity index (χ4n) is 4.88. The largest absolute Gasteiger partial charge is 0.393 e. The van der Waals surface area contributed by atoms with E-state index in [1.165, 1.54) is 0 Å². The van der Waals surface area contributed by atoms with Crippen molar-refractivity contribution in [2.75, 3.05) is 23.3 Å². The van der Waals surface area contributed by atoms with Gasteiger partial charge < -0.3 is 25.2 Å². The number of aliphatic hydroxyl groups excluding tert-OH is 1. The predicted octanol–water partition coefficient (Wildman–Crippen LogP) is 2.98. The average molecular weight is 456 g/mol. The predicted molar refractivity (Wildman–Crippen MR) is 130 cm³/mol. The van der Waals surface area contributed by atoms with Crippen molar-refractivity contribution in [3.8, 4) is 11.3 Å². The van der Waals surface area contributed by atoms with Crippen molar-refractivity contribution < 1.29 is 9.90 Å². The van der Waals surface area contributed by atoms with Crippen molar-refractivity contribution in [1.82, 2.24) is 24.8 Å². The van der Waals surface area contributed by atoms with E-state index in [1.807, 2.05) is 54.3 Å². The highest BCUT2D eigenvalue weighted by molar-refractivity contribution is 6.07. The summed E-state index contributed by atoms with van der Waals surface area (Å²) in [5, 5.41) is 17.0. The normalized spacial score (nSPS) is 16.1. The summed E-state index contributed by atoms with van der Waals surface area (Å²) in [6, 6.07) is 9.86. The van der Waals surface area contributed by atoms with Gasteiger partial charge in [0.15, 0.2) is 0 Å². The van der Waals surface area contributed by atoms with Gasteiger partial charge in [-0.05, 0) is 42.7 Å². The molecule has 0 saturated carbocycles. The SMILES string of the molecule is Cn1ccc2c(-c3ccc(Nc4ccc(N5CCC(O)CC5)cn4)c4c3CNC4=O)ncnc21. The third-order valence-electron chi connectivity index (χ3n) is 6.72. The Morgan fingerprint density at radius 1 is 1.09 bits per heavy atom. The molecule has 0 bridgehead atoms. The van der Waals surface area contributed by atoms with Crippen LogP contribution in [-0.4, -0.2) is 49.7 Å². The quantitative estimate of drug-likeness (QED) is 0.434. The van der Waals surface area contributed by atoms with Gasteiger partial charge in [-0.25, -0.2) is 15.0 Å². The number of aryl methyl sites for hydroxylation is 1. The first-order chi connectivity index (χ1) is 16.6. The second-order valence-corrected chi connectivity index (χ2v) is 8.83. The van der Waals surface area contributed by atoms with Crippen LogP contribution in [0.3, 0.4) is 0 Å². The van der Waals surface area contributed by atoms with E-state index >= 15 is 0 Å². The number of rotatable bonds is 4. The highest BCUT2D eigenvalue weighted by Crippen LogP contribution is 2.36. The summed E-state index contributed by atoms with van der Waals surface area (Å²) in [4.78, 5) is 28.5. The van der Waals surface area contributed by atoms with Gasteiger partial charge in [0, 0.05) is 43.8 Å². The number of anilines is 3. The number of benzene rings is 1. The van der Waals surface area contributed by atoms with Gasteiger partial charge in [-0.3, -0.25) is 4.79 Å². The zero-order valence-corrected chi connectivity index (χ0v) is 18.8. The highest BCUT2D eigenvalue weighted by atomic mass is 16.3. The van der Waals surface area contributed by atoms with Crippen LogP contribution in [0.5, 0.6) is 0 Å². The molecule has 1 aromatic carbocycles. The molecule has 0 radical (unpaired) electrons. The lowest BCUT2D eigenvalue weighted by atomic mass is 9.97. The minimum Gasteiger partial charge on any atom is -0.393 e. The topological polar surface area (TPSA) is 108 Å². The monoisotopic (exact) mass is 455 g/mol. The molecule has 34 heavy (non-hydrogen) atoms. The molecule has 0 atom stereocenters. The fourth-order valence-corrected chi connectivity index (χ4v) is 4.88. The standard InChI is InChI=1S/C25H25N7O2/c1-31-9-8-18-23(28-14-29-24(18)31)17-3-4-20(22-19(17)13-27-25(22)34)30-21-5-2-15(12-26-21)32-10-6-16(33)7-11-32/h2-5,8-9,12,14,16,33H,6-7,10-11,13H2,1H3,(H,26,30)(H,27,34). The number of carbonyl (C=O) groups is 1. The van der Waals surface area contributed by atoms with E-state index in [0.29, 0.717) is 23.6 Å². The van der Waals surface area contributed by atoms with Gasteiger partial charge >= 0.3 is 0 Å². The second-order valence-electron chi connectivity index (χ2n) is 8.83.